The molecule has 0 aliphatic carbocycles. The van der Waals surface area contributed by atoms with Crippen LogP contribution in [0.5, 0.6) is 0 Å². The fraction of sp³-hybridized carbons (Fsp3) is 0.294. The molecule has 0 spiro atoms. The van der Waals surface area contributed by atoms with Gasteiger partial charge in [0.2, 0.25) is 11.2 Å². The molecule has 10 heteroatoms. The molecule has 0 bridgehead atoms. The molecule has 27 heavy (non-hydrogen) atoms. The van der Waals surface area contributed by atoms with Gasteiger partial charge >= 0.3 is 6.18 Å². The first kappa shape index (κ1) is 19.1. The predicted molar refractivity (Wildman–Crippen MR) is 95.2 cm³/mol. The average Bonchev–Trinajstić information content (AvgIpc) is 3.06. The molecule has 0 fully saturated rings. The first-order valence-electron chi connectivity index (χ1n) is 8.08. The smallest absolute Gasteiger partial charge is 0.350 e. The Kier molecular flexibility index (Phi) is 5.31. The molecule has 3 rings (SSSR count). The molecule has 0 saturated heterocycles. The summed E-state index contributed by atoms with van der Waals surface area (Å²) in [6, 6.07) is 6.92. The monoisotopic (exact) mass is 396 g/mol. The van der Waals surface area contributed by atoms with Crippen LogP contribution in [-0.2, 0) is 12.7 Å². The van der Waals surface area contributed by atoms with Gasteiger partial charge in [0.1, 0.15) is 12.2 Å². The van der Waals surface area contributed by atoms with Crippen molar-refractivity contribution in [3.8, 4) is 11.4 Å². The molecule has 142 valence electrons. The average molecular weight is 397 g/mol. The van der Waals surface area contributed by atoms with E-state index >= 15 is 0 Å². The number of benzene rings is 1. The van der Waals surface area contributed by atoms with Gasteiger partial charge in [-0.1, -0.05) is 24.3 Å². The van der Waals surface area contributed by atoms with E-state index in [9.17, 15) is 13.2 Å². The second-order valence-electron chi connectivity index (χ2n) is 6.08. The van der Waals surface area contributed by atoms with Crippen molar-refractivity contribution in [2.75, 3.05) is 5.32 Å². The van der Waals surface area contributed by atoms with Crippen LogP contribution in [0.3, 0.4) is 0 Å². The summed E-state index contributed by atoms with van der Waals surface area (Å²) in [6.45, 7) is 4.04. The lowest BCUT2D eigenvalue weighted by Crippen LogP contribution is -2.05. The minimum absolute atomic E-state index is 0.0869. The van der Waals surface area contributed by atoms with Crippen LogP contribution in [0.1, 0.15) is 31.1 Å². The molecular formula is C17H16ClF3N6. The van der Waals surface area contributed by atoms with Crippen molar-refractivity contribution in [3.63, 3.8) is 0 Å². The van der Waals surface area contributed by atoms with E-state index in [2.05, 4.69) is 25.3 Å². The van der Waals surface area contributed by atoms with Crippen LogP contribution in [0.2, 0.25) is 5.28 Å². The van der Waals surface area contributed by atoms with Gasteiger partial charge < -0.3 is 9.88 Å². The summed E-state index contributed by atoms with van der Waals surface area (Å²) in [4.78, 5) is 15.3. The van der Waals surface area contributed by atoms with Gasteiger partial charge in [0.05, 0.1) is 0 Å². The molecule has 2 aromatic heterocycles. The molecule has 0 radical (unpaired) electrons. The molecule has 0 atom stereocenters. The number of aromatic nitrogens is 5. The Morgan fingerprint density at radius 1 is 1.11 bits per heavy atom. The molecule has 3 aromatic rings. The van der Waals surface area contributed by atoms with Crippen molar-refractivity contribution in [1.82, 2.24) is 24.5 Å². The number of alkyl halides is 3. The highest BCUT2D eigenvalue weighted by Crippen LogP contribution is 2.32. The Labute approximate surface area is 158 Å². The molecule has 0 aliphatic rings. The van der Waals surface area contributed by atoms with Gasteiger partial charge in [0, 0.05) is 24.3 Å². The van der Waals surface area contributed by atoms with Crippen LogP contribution in [0.25, 0.3) is 11.4 Å². The van der Waals surface area contributed by atoms with Crippen molar-refractivity contribution in [2.45, 2.75) is 32.6 Å². The summed E-state index contributed by atoms with van der Waals surface area (Å²) in [5.74, 6) is 0.616. The third kappa shape index (κ3) is 4.54. The SMILES string of the molecule is CC(C)n1cc(C(F)(F)F)nc1-c1ccc(CNc2ncnc(Cl)n2)cc1. The van der Waals surface area contributed by atoms with E-state index in [-0.39, 0.29) is 17.1 Å². The first-order chi connectivity index (χ1) is 12.7. The highest BCUT2D eigenvalue weighted by molar-refractivity contribution is 6.28. The zero-order valence-electron chi connectivity index (χ0n) is 14.5. The third-order valence-corrected chi connectivity index (χ3v) is 3.97. The zero-order chi connectivity index (χ0) is 19.6. The number of nitrogens with zero attached hydrogens (tertiary/aromatic N) is 5. The van der Waals surface area contributed by atoms with Crippen LogP contribution in [0.15, 0.2) is 36.8 Å². The molecule has 0 amide bonds. The molecule has 0 unspecified atom stereocenters. The summed E-state index contributed by atoms with van der Waals surface area (Å²) in [7, 11) is 0. The Bertz CT molecular complexity index is 921. The van der Waals surface area contributed by atoms with Gasteiger partial charge in [0.25, 0.3) is 0 Å². The lowest BCUT2D eigenvalue weighted by Gasteiger charge is -2.12. The van der Waals surface area contributed by atoms with Gasteiger partial charge in [0.15, 0.2) is 5.69 Å². The van der Waals surface area contributed by atoms with E-state index in [0.717, 1.165) is 11.8 Å². The van der Waals surface area contributed by atoms with Crippen LogP contribution in [0, 0.1) is 0 Å². The van der Waals surface area contributed by atoms with E-state index in [0.29, 0.717) is 18.1 Å². The number of anilines is 1. The first-order valence-corrected chi connectivity index (χ1v) is 8.45. The minimum atomic E-state index is -4.48. The van der Waals surface area contributed by atoms with Gasteiger partial charge in [-0.25, -0.2) is 15.0 Å². The molecule has 0 saturated carbocycles. The van der Waals surface area contributed by atoms with Gasteiger partial charge in [-0.15, -0.1) is 0 Å². The van der Waals surface area contributed by atoms with Crippen molar-refractivity contribution in [3.05, 3.63) is 53.3 Å². The van der Waals surface area contributed by atoms with Crippen LogP contribution >= 0.6 is 11.6 Å². The number of hydrogen-bond donors (Lipinski definition) is 1. The van der Waals surface area contributed by atoms with Crippen molar-refractivity contribution in [2.24, 2.45) is 0 Å². The summed E-state index contributed by atoms with van der Waals surface area (Å²) in [6.07, 6.45) is -2.14. The minimum Gasteiger partial charge on any atom is -0.350 e. The zero-order valence-corrected chi connectivity index (χ0v) is 15.3. The molecular weight excluding hydrogens is 381 g/mol. The van der Waals surface area contributed by atoms with E-state index < -0.39 is 11.9 Å². The maximum absolute atomic E-state index is 13.0. The summed E-state index contributed by atoms with van der Waals surface area (Å²) >= 11 is 5.70. The maximum atomic E-state index is 13.0. The number of hydrogen-bond acceptors (Lipinski definition) is 5. The fourth-order valence-corrected chi connectivity index (χ4v) is 2.58. The fourth-order valence-electron chi connectivity index (χ4n) is 2.45. The Balaban J connectivity index is 1.80. The maximum Gasteiger partial charge on any atom is 0.434 e. The van der Waals surface area contributed by atoms with Gasteiger partial charge in [-0.2, -0.15) is 18.2 Å². The Hall–Kier alpha value is -2.68. The highest BCUT2D eigenvalue weighted by Gasteiger charge is 2.35. The quantitative estimate of drug-likeness (QED) is 0.682. The summed E-state index contributed by atoms with van der Waals surface area (Å²) < 4.78 is 40.5. The Morgan fingerprint density at radius 2 is 1.81 bits per heavy atom. The second-order valence-corrected chi connectivity index (χ2v) is 6.42. The molecule has 2 heterocycles. The van der Waals surface area contributed by atoms with E-state index in [4.69, 9.17) is 11.6 Å². The van der Waals surface area contributed by atoms with Crippen LogP contribution < -0.4 is 5.32 Å². The normalized spacial score (nSPS) is 11.8. The van der Waals surface area contributed by atoms with E-state index in [1.807, 2.05) is 13.8 Å². The number of rotatable bonds is 5. The Morgan fingerprint density at radius 3 is 2.41 bits per heavy atom. The lowest BCUT2D eigenvalue weighted by molar-refractivity contribution is -0.140. The van der Waals surface area contributed by atoms with Gasteiger partial charge in [-0.05, 0) is 31.0 Å². The summed E-state index contributed by atoms with van der Waals surface area (Å²) in [5, 5.41) is 3.09. The third-order valence-electron chi connectivity index (χ3n) is 3.78. The van der Waals surface area contributed by atoms with E-state index in [1.54, 1.807) is 24.3 Å². The molecule has 1 N–H and O–H groups in total. The topological polar surface area (TPSA) is 68.5 Å². The van der Waals surface area contributed by atoms with Crippen LogP contribution in [-0.4, -0.2) is 24.5 Å². The molecule has 6 nitrogen and oxygen atoms in total. The largest absolute Gasteiger partial charge is 0.434 e. The second kappa shape index (κ2) is 7.51. The highest BCUT2D eigenvalue weighted by atomic mass is 35.5. The standard InChI is InChI=1S/C17H16ClF3N6/c1-10(2)27-8-13(17(19,20)21)25-14(27)12-5-3-11(4-6-12)7-22-16-24-9-23-15(18)26-16/h3-6,8-10H,7H2,1-2H3,(H,22,23,24,26). The summed E-state index contributed by atoms with van der Waals surface area (Å²) in [5.41, 5.74) is 0.601. The van der Waals surface area contributed by atoms with Crippen molar-refractivity contribution < 1.29 is 13.2 Å². The molecule has 1 aromatic carbocycles. The lowest BCUT2D eigenvalue weighted by atomic mass is 10.1. The van der Waals surface area contributed by atoms with Crippen LogP contribution in [0.4, 0.5) is 19.1 Å². The number of nitrogens with one attached hydrogen (secondary N) is 1. The number of imidazole rings is 1. The van der Waals surface area contributed by atoms with Crippen molar-refractivity contribution >= 4 is 17.5 Å². The number of halogens is 4. The predicted octanol–water partition coefficient (Wildman–Crippen LogP) is 4.60. The molecule has 0 aliphatic heterocycles. The van der Waals surface area contributed by atoms with Crippen molar-refractivity contribution in [1.29, 1.82) is 0 Å². The van der Waals surface area contributed by atoms with E-state index in [1.165, 1.54) is 10.9 Å². The van der Waals surface area contributed by atoms with Gasteiger partial charge in [-0.3, -0.25) is 0 Å².